The van der Waals surface area contributed by atoms with Crippen LogP contribution in [0.1, 0.15) is 5.56 Å². The summed E-state index contributed by atoms with van der Waals surface area (Å²) in [6.45, 7) is 1.35. The van der Waals surface area contributed by atoms with Gasteiger partial charge in [-0.15, -0.1) is 0 Å². The third-order valence-corrected chi connectivity index (χ3v) is 4.22. The van der Waals surface area contributed by atoms with Crippen LogP contribution in [0.25, 0.3) is 0 Å². The van der Waals surface area contributed by atoms with Crippen molar-refractivity contribution < 1.29 is 14.5 Å². The number of nitrogens with one attached hydrogen (secondary N) is 2. The van der Waals surface area contributed by atoms with Crippen LogP contribution in [-0.2, 0) is 9.59 Å². The molecule has 8 nitrogen and oxygen atoms in total. The van der Waals surface area contributed by atoms with Crippen molar-refractivity contribution in [2.45, 2.75) is 6.92 Å². The molecule has 0 aliphatic carbocycles. The molecular weight excluding hydrogens is 372 g/mol. The number of nitrogens with zero attached hydrogens (tertiary/aromatic N) is 2. The van der Waals surface area contributed by atoms with E-state index in [-0.39, 0.29) is 30.6 Å². The molecule has 2 amide bonds. The summed E-state index contributed by atoms with van der Waals surface area (Å²) in [6, 6.07) is 11.4. The Labute approximate surface area is 161 Å². The van der Waals surface area contributed by atoms with Gasteiger partial charge in [-0.1, -0.05) is 29.8 Å². The quantitative estimate of drug-likeness (QED) is 0.558. The van der Waals surface area contributed by atoms with Gasteiger partial charge < -0.3 is 15.5 Å². The normalized spacial score (nSPS) is 10.2. The van der Waals surface area contributed by atoms with E-state index in [9.17, 15) is 19.7 Å². The van der Waals surface area contributed by atoms with Gasteiger partial charge in [0.25, 0.3) is 5.69 Å². The summed E-state index contributed by atoms with van der Waals surface area (Å²) >= 11 is 5.98. The van der Waals surface area contributed by atoms with E-state index in [0.29, 0.717) is 22.0 Å². The molecule has 0 heterocycles. The van der Waals surface area contributed by atoms with Crippen molar-refractivity contribution in [2.75, 3.05) is 30.8 Å². The van der Waals surface area contributed by atoms with E-state index >= 15 is 0 Å². The fourth-order valence-corrected chi connectivity index (χ4v) is 2.56. The largest absolute Gasteiger partial charge is 0.376 e. The molecule has 9 heteroatoms. The van der Waals surface area contributed by atoms with E-state index in [1.54, 1.807) is 43.3 Å². The van der Waals surface area contributed by atoms with Gasteiger partial charge in [0.15, 0.2) is 0 Å². The molecule has 0 radical (unpaired) electrons. The minimum Gasteiger partial charge on any atom is -0.376 e. The van der Waals surface area contributed by atoms with E-state index in [2.05, 4.69) is 10.6 Å². The predicted molar refractivity (Wildman–Crippen MR) is 104 cm³/mol. The van der Waals surface area contributed by atoms with E-state index in [1.807, 2.05) is 0 Å². The molecule has 0 saturated heterocycles. The zero-order chi connectivity index (χ0) is 20.0. The lowest BCUT2D eigenvalue weighted by molar-refractivity contribution is -0.385. The zero-order valence-corrected chi connectivity index (χ0v) is 15.6. The highest BCUT2D eigenvalue weighted by molar-refractivity contribution is 6.33. The van der Waals surface area contributed by atoms with Crippen LogP contribution in [0.5, 0.6) is 0 Å². The average Bonchev–Trinajstić information content (AvgIpc) is 2.62. The third kappa shape index (κ3) is 5.42. The number of carbonyl (C=O) groups excluding carboxylic acids is 2. The van der Waals surface area contributed by atoms with Gasteiger partial charge >= 0.3 is 0 Å². The molecule has 0 aromatic heterocycles. The van der Waals surface area contributed by atoms with E-state index in [1.165, 1.54) is 18.0 Å². The summed E-state index contributed by atoms with van der Waals surface area (Å²) in [4.78, 5) is 36.0. The highest BCUT2D eigenvalue weighted by atomic mass is 35.5. The number of hydrogen-bond donors (Lipinski definition) is 2. The molecular formula is C18H19ClN4O4. The summed E-state index contributed by atoms with van der Waals surface area (Å²) in [5.41, 5.74) is 1.37. The summed E-state index contributed by atoms with van der Waals surface area (Å²) < 4.78 is 0. The molecule has 2 aromatic rings. The number of halogens is 1. The van der Waals surface area contributed by atoms with Gasteiger partial charge in [-0.05, 0) is 25.1 Å². The molecule has 0 aliphatic rings. The molecule has 0 saturated carbocycles. The summed E-state index contributed by atoms with van der Waals surface area (Å²) in [7, 11) is 1.50. The fourth-order valence-electron chi connectivity index (χ4n) is 2.37. The highest BCUT2D eigenvalue weighted by Gasteiger charge is 2.16. The van der Waals surface area contributed by atoms with E-state index < -0.39 is 4.92 Å². The maximum absolute atomic E-state index is 12.2. The second-order valence-electron chi connectivity index (χ2n) is 5.84. The van der Waals surface area contributed by atoms with Gasteiger partial charge in [0.1, 0.15) is 0 Å². The number of amides is 2. The SMILES string of the molecule is Cc1c(NCC(=O)N(C)CC(=O)Nc2ccccc2Cl)cccc1[N+](=O)[O-]. The minimum atomic E-state index is -0.479. The van der Waals surface area contributed by atoms with Crippen molar-refractivity contribution in [3.05, 3.63) is 63.2 Å². The highest BCUT2D eigenvalue weighted by Crippen LogP contribution is 2.24. The lowest BCUT2D eigenvalue weighted by Gasteiger charge is -2.18. The number of rotatable bonds is 7. The van der Waals surface area contributed by atoms with Gasteiger partial charge in [-0.3, -0.25) is 19.7 Å². The molecule has 2 aromatic carbocycles. The standard InChI is InChI=1S/C18H19ClN4O4/c1-12-14(8-5-9-16(12)23(26)27)20-10-18(25)22(2)11-17(24)21-15-7-4-3-6-13(15)19/h3-9,20H,10-11H2,1-2H3,(H,21,24). The molecule has 0 unspecified atom stereocenters. The molecule has 142 valence electrons. The van der Waals surface area contributed by atoms with Crippen molar-refractivity contribution in [1.82, 2.24) is 4.90 Å². The number of carbonyl (C=O) groups is 2. The van der Waals surface area contributed by atoms with Crippen LogP contribution >= 0.6 is 11.6 Å². The summed E-state index contributed by atoms with van der Waals surface area (Å²) in [6.07, 6.45) is 0. The first-order chi connectivity index (χ1) is 12.8. The summed E-state index contributed by atoms with van der Waals surface area (Å²) in [5.74, 6) is -0.722. The van der Waals surface area contributed by atoms with Gasteiger partial charge in [0.2, 0.25) is 11.8 Å². The molecule has 0 atom stereocenters. The summed E-state index contributed by atoms with van der Waals surface area (Å²) in [5, 5.41) is 16.9. The van der Waals surface area contributed by atoms with Crippen molar-refractivity contribution in [1.29, 1.82) is 0 Å². The Morgan fingerprint density at radius 2 is 1.81 bits per heavy atom. The number of likely N-dealkylation sites (N-methyl/N-ethyl adjacent to an activating group) is 1. The van der Waals surface area contributed by atoms with Crippen molar-refractivity contribution in [2.24, 2.45) is 0 Å². The smallest absolute Gasteiger partial charge is 0.274 e. The number of hydrogen-bond acceptors (Lipinski definition) is 5. The fraction of sp³-hybridized carbons (Fsp3) is 0.222. The average molecular weight is 391 g/mol. The second-order valence-corrected chi connectivity index (χ2v) is 6.25. The van der Waals surface area contributed by atoms with Gasteiger partial charge in [0.05, 0.1) is 28.7 Å². The predicted octanol–water partition coefficient (Wildman–Crippen LogP) is 3.07. The van der Waals surface area contributed by atoms with Crippen LogP contribution in [0.15, 0.2) is 42.5 Å². The van der Waals surface area contributed by atoms with Gasteiger partial charge in [-0.25, -0.2) is 0 Å². The zero-order valence-electron chi connectivity index (χ0n) is 14.9. The second kappa shape index (κ2) is 9.00. The minimum absolute atomic E-state index is 0.0279. The Balaban J connectivity index is 1.91. The molecule has 27 heavy (non-hydrogen) atoms. The molecule has 0 spiro atoms. The van der Waals surface area contributed by atoms with Crippen molar-refractivity contribution in [3.63, 3.8) is 0 Å². The number of nitro groups is 1. The van der Waals surface area contributed by atoms with Crippen LogP contribution < -0.4 is 10.6 Å². The molecule has 0 bridgehead atoms. The number of anilines is 2. The molecule has 2 N–H and O–H groups in total. The first-order valence-electron chi connectivity index (χ1n) is 8.06. The first kappa shape index (κ1) is 20.2. The van der Waals surface area contributed by atoms with Gasteiger partial charge in [0, 0.05) is 24.4 Å². The van der Waals surface area contributed by atoms with Crippen molar-refractivity contribution >= 4 is 40.5 Å². The van der Waals surface area contributed by atoms with Crippen LogP contribution in [-0.4, -0.2) is 41.8 Å². The Kier molecular flexibility index (Phi) is 6.73. The van der Waals surface area contributed by atoms with Crippen molar-refractivity contribution in [3.8, 4) is 0 Å². The lowest BCUT2D eigenvalue weighted by atomic mass is 10.1. The first-order valence-corrected chi connectivity index (χ1v) is 8.43. The van der Waals surface area contributed by atoms with Gasteiger partial charge in [-0.2, -0.15) is 0 Å². The van der Waals surface area contributed by atoms with Crippen LogP contribution in [0, 0.1) is 17.0 Å². The number of para-hydroxylation sites is 1. The Morgan fingerprint density at radius 3 is 2.48 bits per heavy atom. The Bertz CT molecular complexity index is 872. The maximum Gasteiger partial charge on any atom is 0.274 e. The van der Waals surface area contributed by atoms with Crippen LogP contribution in [0.3, 0.4) is 0 Å². The van der Waals surface area contributed by atoms with Crippen LogP contribution in [0.4, 0.5) is 17.1 Å². The lowest BCUT2D eigenvalue weighted by Crippen LogP contribution is -2.38. The Morgan fingerprint density at radius 1 is 1.15 bits per heavy atom. The molecule has 2 rings (SSSR count). The van der Waals surface area contributed by atoms with Crippen LogP contribution in [0.2, 0.25) is 5.02 Å². The topological polar surface area (TPSA) is 105 Å². The van der Waals surface area contributed by atoms with E-state index in [4.69, 9.17) is 11.6 Å². The maximum atomic E-state index is 12.2. The Hall–Kier alpha value is -3.13. The van der Waals surface area contributed by atoms with E-state index in [0.717, 1.165) is 0 Å². The monoisotopic (exact) mass is 390 g/mol. The molecule has 0 aliphatic heterocycles. The number of nitro benzene ring substituents is 1. The number of benzene rings is 2. The third-order valence-electron chi connectivity index (χ3n) is 3.89. The molecule has 0 fully saturated rings.